The van der Waals surface area contributed by atoms with Gasteiger partial charge in [0.25, 0.3) is 0 Å². The van der Waals surface area contributed by atoms with E-state index < -0.39 is 9.84 Å². The van der Waals surface area contributed by atoms with Gasteiger partial charge in [0.2, 0.25) is 5.88 Å². The molecule has 0 unspecified atom stereocenters. The minimum atomic E-state index is -3.21. The van der Waals surface area contributed by atoms with Crippen molar-refractivity contribution in [1.29, 1.82) is 0 Å². The maximum Gasteiger partial charge on any atom is 0.219 e. The predicted octanol–water partition coefficient (Wildman–Crippen LogP) is 3.67. The Kier molecular flexibility index (Phi) is 4.52. The summed E-state index contributed by atoms with van der Waals surface area (Å²) in [6, 6.07) is 7.71. The van der Waals surface area contributed by atoms with Gasteiger partial charge in [-0.1, -0.05) is 11.6 Å². The standard InChI is InChI=1S/C13H11Cl2NO3S/c1-20(17,18)11-4-2-10(3-5-11)19-13-6-9(7-14)12(15)8-16-13/h2-6,8H,7H2,1H3. The Morgan fingerprint density at radius 2 is 1.90 bits per heavy atom. The number of pyridine rings is 1. The molecule has 0 amide bonds. The maximum absolute atomic E-state index is 11.3. The number of alkyl halides is 1. The summed E-state index contributed by atoms with van der Waals surface area (Å²) >= 11 is 11.6. The Labute approximate surface area is 127 Å². The molecule has 1 heterocycles. The maximum atomic E-state index is 11.3. The zero-order valence-electron chi connectivity index (χ0n) is 10.5. The van der Waals surface area contributed by atoms with Crippen LogP contribution in [0.25, 0.3) is 0 Å². The first kappa shape index (κ1) is 15.1. The minimum absolute atomic E-state index is 0.232. The van der Waals surface area contributed by atoms with Crippen LogP contribution in [-0.4, -0.2) is 19.7 Å². The third-order valence-corrected chi connectivity index (χ3v) is 4.28. The van der Waals surface area contributed by atoms with Gasteiger partial charge in [-0.25, -0.2) is 13.4 Å². The summed E-state index contributed by atoms with van der Waals surface area (Å²) in [5, 5.41) is 0.472. The highest BCUT2D eigenvalue weighted by Crippen LogP contribution is 2.25. The van der Waals surface area contributed by atoms with Crippen molar-refractivity contribution in [3.63, 3.8) is 0 Å². The van der Waals surface area contributed by atoms with Gasteiger partial charge in [0.1, 0.15) is 5.75 Å². The van der Waals surface area contributed by atoms with E-state index in [9.17, 15) is 8.42 Å². The van der Waals surface area contributed by atoms with Gasteiger partial charge in [0, 0.05) is 24.4 Å². The van der Waals surface area contributed by atoms with Crippen molar-refractivity contribution in [3.05, 3.63) is 47.1 Å². The van der Waals surface area contributed by atoms with Crippen molar-refractivity contribution in [2.24, 2.45) is 0 Å². The SMILES string of the molecule is CS(=O)(=O)c1ccc(Oc2cc(CCl)c(Cl)cn2)cc1. The summed E-state index contributed by atoms with van der Waals surface area (Å²) in [5.74, 6) is 1.08. The Morgan fingerprint density at radius 1 is 1.25 bits per heavy atom. The van der Waals surface area contributed by atoms with Gasteiger partial charge in [-0.3, -0.25) is 0 Å². The van der Waals surface area contributed by atoms with Crippen LogP contribution in [0, 0.1) is 0 Å². The van der Waals surface area contributed by atoms with Gasteiger partial charge in [-0.05, 0) is 29.8 Å². The average molecular weight is 332 g/mol. The summed E-state index contributed by atoms with van der Waals surface area (Å²) in [4.78, 5) is 4.25. The van der Waals surface area contributed by atoms with E-state index >= 15 is 0 Å². The van der Waals surface area contributed by atoms with E-state index in [2.05, 4.69) is 4.98 Å². The lowest BCUT2D eigenvalue weighted by Crippen LogP contribution is -1.96. The molecule has 20 heavy (non-hydrogen) atoms. The van der Waals surface area contributed by atoms with Crippen LogP contribution in [-0.2, 0) is 15.7 Å². The lowest BCUT2D eigenvalue weighted by Gasteiger charge is -2.07. The molecule has 0 aliphatic heterocycles. The first-order valence-corrected chi connectivity index (χ1v) is 8.39. The molecule has 1 aromatic heterocycles. The van der Waals surface area contributed by atoms with Crippen LogP contribution in [0.2, 0.25) is 5.02 Å². The number of hydrogen-bond donors (Lipinski definition) is 0. The summed E-state index contributed by atoms with van der Waals surface area (Å²) in [7, 11) is -3.21. The smallest absolute Gasteiger partial charge is 0.219 e. The van der Waals surface area contributed by atoms with Crippen molar-refractivity contribution < 1.29 is 13.2 Å². The van der Waals surface area contributed by atoms with Gasteiger partial charge in [-0.2, -0.15) is 0 Å². The van der Waals surface area contributed by atoms with E-state index in [1.807, 2.05) is 0 Å². The zero-order chi connectivity index (χ0) is 14.8. The van der Waals surface area contributed by atoms with Gasteiger partial charge >= 0.3 is 0 Å². The van der Waals surface area contributed by atoms with Gasteiger partial charge < -0.3 is 4.74 Å². The molecule has 2 aromatic rings. The summed E-state index contributed by atoms with van der Waals surface area (Å²) < 4.78 is 28.2. The molecule has 106 valence electrons. The number of hydrogen-bond acceptors (Lipinski definition) is 4. The monoisotopic (exact) mass is 331 g/mol. The van der Waals surface area contributed by atoms with E-state index in [-0.39, 0.29) is 10.8 Å². The molecular weight excluding hydrogens is 321 g/mol. The van der Waals surface area contributed by atoms with E-state index in [1.165, 1.54) is 18.3 Å². The highest BCUT2D eigenvalue weighted by atomic mass is 35.5. The zero-order valence-corrected chi connectivity index (χ0v) is 12.8. The molecule has 0 aliphatic carbocycles. The topological polar surface area (TPSA) is 56.3 Å². The van der Waals surface area contributed by atoms with Gasteiger partial charge in [0.15, 0.2) is 9.84 Å². The third-order valence-electron chi connectivity index (χ3n) is 2.53. The largest absolute Gasteiger partial charge is 0.439 e. The van der Waals surface area contributed by atoms with Crippen molar-refractivity contribution in [2.45, 2.75) is 10.8 Å². The number of nitrogens with zero attached hydrogens (tertiary/aromatic N) is 1. The van der Waals surface area contributed by atoms with Crippen LogP contribution in [0.3, 0.4) is 0 Å². The summed E-state index contributed by atoms with van der Waals surface area (Å²) in [5.41, 5.74) is 0.714. The van der Waals surface area contributed by atoms with E-state index in [4.69, 9.17) is 27.9 Å². The molecule has 0 radical (unpaired) electrons. The van der Waals surface area contributed by atoms with Crippen LogP contribution in [0.4, 0.5) is 0 Å². The molecule has 4 nitrogen and oxygen atoms in total. The van der Waals surface area contributed by atoms with Gasteiger partial charge in [-0.15, -0.1) is 11.6 Å². The lowest BCUT2D eigenvalue weighted by atomic mass is 10.3. The molecular formula is C13H11Cl2NO3S. The Balaban J connectivity index is 2.22. The Hall–Kier alpha value is -1.30. The molecule has 0 aliphatic rings. The van der Waals surface area contributed by atoms with Crippen LogP contribution in [0.1, 0.15) is 5.56 Å². The Morgan fingerprint density at radius 3 is 2.45 bits per heavy atom. The van der Waals surface area contributed by atoms with Crippen molar-refractivity contribution in [1.82, 2.24) is 4.98 Å². The number of ether oxygens (including phenoxy) is 1. The second-order valence-electron chi connectivity index (χ2n) is 4.09. The van der Waals surface area contributed by atoms with Crippen LogP contribution in [0.5, 0.6) is 11.6 Å². The van der Waals surface area contributed by atoms with E-state index in [0.29, 0.717) is 22.2 Å². The number of benzene rings is 1. The summed E-state index contributed by atoms with van der Waals surface area (Å²) in [6.45, 7) is 0. The van der Waals surface area contributed by atoms with Crippen molar-refractivity contribution >= 4 is 33.0 Å². The molecule has 0 saturated carbocycles. The quantitative estimate of drug-likeness (QED) is 0.802. The predicted molar refractivity (Wildman–Crippen MR) is 78.4 cm³/mol. The van der Waals surface area contributed by atoms with E-state index in [0.717, 1.165) is 6.26 Å². The van der Waals surface area contributed by atoms with Crippen LogP contribution in [0.15, 0.2) is 41.4 Å². The second kappa shape index (κ2) is 5.99. The summed E-state index contributed by atoms with van der Waals surface area (Å²) in [6.07, 6.45) is 2.61. The second-order valence-corrected chi connectivity index (χ2v) is 6.78. The fourth-order valence-corrected chi connectivity index (χ4v) is 2.58. The molecule has 1 aromatic carbocycles. The fraction of sp³-hybridized carbons (Fsp3) is 0.154. The molecule has 0 fully saturated rings. The van der Waals surface area contributed by atoms with E-state index in [1.54, 1.807) is 18.2 Å². The minimum Gasteiger partial charge on any atom is -0.439 e. The highest BCUT2D eigenvalue weighted by molar-refractivity contribution is 7.90. The molecule has 0 bridgehead atoms. The molecule has 0 atom stereocenters. The number of sulfone groups is 1. The highest BCUT2D eigenvalue weighted by Gasteiger charge is 2.08. The molecule has 0 saturated heterocycles. The average Bonchev–Trinajstić information content (AvgIpc) is 2.40. The first-order valence-electron chi connectivity index (χ1n) is 5.58. The lowest BCUT2D eigenvalue weighted by molar-refractivity contribution is 0.462. The third kappa shape index (κ3) is 3.62. The molecule has 7 heteroatoms. The molecule has 0 N–H and O–H groups in total. The number of aromatic nitrogens is 1. The molecule has 2 rings (SSSR count). The van der Waals surface area contributed by atoms with Gasteiger partial charge in [0.05, 0.1) is 9.92 Å². The van der Waals surface area contributed by atoms with Crippen LogP contribution >= 0.6 is 23.2 Å². The number of halogens is 2. The fourth-order valence-electron chi connectivity index (χ4n) is 1.49. The first-order chi connectivity index (χ1) is 9.40. The number of rotatable bonds is 4. The molecule has 0 spiro atoms. The van der Waals surface area contributed by atoms with Crippen LogP contribution < -0.4 is 4.74 Å². The van der Waals surface area contributed by atoms with Crippen molar-refractivity contribution in [3.8, 4) is 11.6 Å². The normalized spacial score (nSPS) is 11.3. The Bertz CT molecular complexity index is 715. The van der Waals surface area contributed by atoms with Crippen molar-refractivity contribution in [2.75, 3.05) is 6.26 Å².